The predicted molar refractivity (Wildman–Crippen MR) is 101 cm³/mol. The Kier molecular flexibility index (Phi) is 5.18. The lowest BCUT2D eigenvalue weighted by Crippen LogP contribution is -2.23. The van der Waals surface area contributed by atoms with E-state index in [9.17, 15) is 9.59 Å². The minimum Gasteiger partial charge on any atom is -0.348 e. The smallest absolute Gasteiger partial charge is 0.269 e. The molecule has 3 rings (SSSR count). The van der Waals surface area contributed by atoms with Gasteiger partial charge in [-0.25, -0.2) is 9.97 Å². The van der Waals surface area contributed by atoms with E-state index in [0.29, 0.717) is 22.2 Å². The Bertz CT molecular complexity index is 948. The lowest BCUT2D eigenvalue weighted by molar-refractivity contribution is -0.114. The second-order valence-corrected chi connectivity index (χ2v) is 6.34. The molecule has 26 heavy (non-hydrogen) atoms. The number of H-pyrrole nitrogens is 1. The van der Waals surface area contributed by atoms with Crippen LogP contribution in [0.2, 0.25) is 0 Å². The fraction of sp³-hybridized carbons (Fsp3) is 0.118. The van der Waals surface area contributed by atoms with E-state index in [-0.39, 0.29) is 18.0 Å². The Hall–Kier alpha value is -3.33. The molecular formula is C17H16N6O2S. The molecule has 2 amide bonds. The highest BCUT2D eigenvalue weighted by atomic mass is 32.1. The van der Waals surface area contributed by atoms with Gasteiger partial charge in [-0.05, 0) is 12.1 Å². The molecule has 1 aromatic carbocycles. The zero-order valence-corrected chi connectivity index (χ0v) is 14.7. The van der Waals surface area contributed by atoms with Crippen molar-refractivity contribution in [1.29, 1.82) is 5.41 Å². The van der Waals surface area contributed by atoms with Crippen molar-refractivity contribution in [2.24, 2.45) is 0 Å². The Balaban J connectivity index is 1.69. The highest BCUT2D eigenvalue weighted by molar-refractivity contribution is 7.14. The van der Waals surface area contributed by atoms with Gasteiger partial charge in [0.25, 0.3) is 5.91 Å². The number of aromatic amines is 1. The van der Waals surface area contributed by atoms with Crippen molar-refractivity contribution in [3.63, 3.8) is 0 Å². The zero-order valence-electron chi connectivity index (χ0n) is 13.9. The quantitative estimate of drug-likeness (QED) is 0.499. The van der Waals surface area contributed by atoms with E-state index in [2.05, 4.69) is 25.6 Å². The van der Waals surface area contributed by atoms with Crippen molar-refractivity contribution in [2.45, 2.75) is 13.3 Å². The fourth-order valence-corrected chi connectivity index (χ4v) is 2.99. The molecule has 9 heteroatoms. The summed E-state index contributed by atoms with van der Waals surface area (Å²) in [5.74, 6) is -0.656. The number of carbonyl (C=O) groups excluding carboxylic acids is 2. The predicted octanol–water partition coefficient (Wildman–Crippen LogP) is 2.69. The first-order chi connectivity index (χ1) is 12.5. The first kappa shape index (κ1) is 17.5. The van der Waals surface area contributed by atoms with Crippen molar-refractivity contribution in [2.75, 3.05) is 10.6 Å². The second-order valence-electron chi connectivity index (χ2n) is 5.49. The van der Waals surface area contributed by atoms with Crippen LogP contribution in [-0.4, -0.2) is 32.5 Å². The van der Waals surface area contributed by atoms with Crippen LogP contribution in [0.15, 0.2) is 42.2 Å². The topological polar surface area (TPSA) is 124 Å². The molecule has 0 saturated carbocycles. The summed E-state index contributed by atoms with van der Waals surface area (Å²) in [5, 5.41) is 15.6. The third-order valence-electron chi connectivity index (χ3n) is 3.40. The number of rotatable bonds is 6. The van der Waals surface area contributed by atoms with Gasteiger partial charge in [-0.2, -0.15) is 0 Å². The Labute approximate surface area is 153 Å². The number of anilines is 2. The summed E-state index contributed by atoms with van der Waals surface area (Å²) in [6.07, 6.45) is 3.27. The first-order valence-electron chi connectivity index (χ1n) is 7.71. The van der Waals surface area contributed by atoms with Crippen molar-refractivity contribution < 1.29 is 9.59 Å². The summed E-state index contributed by atoms with van der Waals surface area (Å²) in [6.45, 7) is 1.43. The number of aromatic nitrogens is 3. The van der Waals surface area contributed by atoms with Crippen LogP contribution in [0.3, 0.4) is 0 Å². The number of nitrogens with zero attached hydrogens (tertiary/aromatic N) is 2. The molecule has 0 saturated heterocycles. The van der Waals surface area contributed by atoms with Gasteiger partial charge in [0.15, 0.2) is 5.13 Å². The molecule has 2 aromatic heterocycles. The van der Waals surface area contributed by atoms with Gasteiger partial charge in [0.2, 0.25) is 5.91 Å². The molecule has 4 N–H and O–H groups in total. The Morgan fingerprint density at radius 3 is 2.88 bits per heavy atom. The molecule has 0 atom stereocenters. The van der Waals surface area contributed by atoms with E-state index < -0.39 is 5.91 Å². The summed E-state index contributed by atoms with van der Waals surface area (Å²) < 4.78 is 0. The normalized spacial score (nSPS) is 10.3. The monoisotopic (exact) mass is 368 g/mol. The molecule has 0 radical (unpaired) electrons. The molecule has 132 valence electrons. The standard InChI is InChI=1S/C17H16N6O2S/c1-10(24)21-17-23-15(8-26-17)11-3-2-4-12(5-11)22-16(25)14(18)6-13-7-19-9-20-13/h2-5,7-9,18H,6H2,1H3,(H,19,20)(H,22,25)(H,21,23,24). The molecule has 2 heterocycles. The molecular weight excluding hydrogens is 352 g/mol. The largest absolute Gasteiger partial charge is 0.348 e. The molecule has 0 fully saturated rings. The summed E-state index contributed by atoms with van der Waals surface area (Å²) in [6, 6.07) is 7.17. The molecule has 8 nitrogen and oxygen atoms in total. The number of carbonyl (C=O) groups is 2. The van der Waals surface area contributed by atoms with Gasteiger partial charge in [0.1, 0.15) is 5.71 Å². The third-order valence-corrected chi connectivity index (χ3v) is 4.16. The zero-order chi connectivity index (χ0) is 18.5. The highest BCUT2D eigenvalue weighted by Crippen LogP contribution is 2.26. The molecule has 0 aliphatic rings. The number of imidazole rings is 1. The number of thiazole rings is 1. The average Bonchev–Trinajstić information content (AvgIpc) is 3.26. The molecule has 0 bridgehead atoms. The van der Waals surface area contributed by atoms with Crippen LogP contribution in [0.4, 0.5) is 10.8 Å². The Morgan fingerprint density at radius 1 is 1.31 bits per heavy atom. The number of amides is 2. The van der Waals surface area contributed by atoms with Gasteiger partial charge in [-0.3, -0.25) is 15.0 Å². The highest BCUT2D eigenvalue weighted by Gasteiger charge is 2.12. The van der Waals surface area contributed by atoms with Gasteiger partial charge in [-0.15, -0.1) is 11.3 Å². The van der Waals surface area contributed by atoms with Gasteiger partial charge in [-0.1, -0.05) is 12.1 Å². The summed E-state index contributed by atoms with van der Waals surface area (Å²) in [5.41, 5.74) is 2.70. The van der Waals surface area contributed by atoms with Gasteiger partial charge >= 0.3 is 0 Å². The first-order valence-corrected chi connectivity index (χ1v) is 8.59. The minimum absolute atomic E-state index is 0.0683. The maximum Gasteiger partial charge on any atom is 0.269 e. The SMILES string of the molecule is CC(=O)Nc1nc(-c2cccc(NC(=O)C(=N)Cc3cnc[nH]3)c2)cs1. The second kappa shape index (κ2) is 7.70. The van der Waals surface area contributed by atoms with E-state index in [1.54, 1.807) is 24.4 Å². The van der Waals surface area contributed by atoms with Gasteiger partial charge in [0.05, 0.1) is 12.0 Å². The van der Waals surface area contributed by atoms with E-state index in [4.69, 9.17) is 5.41 Å². The number of hydrogen-bond donors (Lipinski definition) is 4. The summed E-state index contributed by atoms with van der Waals surface area (Å²) in [4.78, 5) is 34.4. The molecule has 0 aliphatic carbocycles. The maximum atomic E-state index is 12.2. The molecule has 0 spiro atoms. The molecule has 3 aromatic rings. The van der Waals surface area contributed by atoms with Crippen LogP contribution in [0.1, 0.15) is 12.6 Å². The van der Waals surface area contributed by atoms with Crippen LogP contribution < -0.4 is 10.6 Å². The van der Waals surface area contributed by atoms with Crippen molar-refractivity contribution in [3.8, 4) is 11.3 Å². The minimum atomic E-state index is -0.478. The van der Waals surface area contributed by atoms with Crippen LogP contribution in [0.25, 0.3) is 11.3 Å². The lowest BCUT2D eigenvalue weighted by Gasteiger charge is -2.07. The van der Waals surface area contributed by atoms with Crippen LogP contribution >= 0.6 is 11.3 Å². The van der Waals surface area contributed by atoms with E-state index in [0.717, 1.165) is 5.56 Å². The maximum absolute atomic E-state index is 12.2. The van der Waals surface area contributed by atoms with E-state index in [1.165, 1.54) is 24.6 Å². The number of nitrogens with one attached hydrogen (secondary N) is 4. The van der Waals surface area contributed by atoms with Gasteiger partial charge < -0.3 is 15.6 Å². The fourth-order valence-electron chi connectivity index (χ4n) is 2.23. The van der Waals surface area contributed by atoms with Crippen molar-refractivity contribution in [3.05, 3.63) is 47.9 Å². The number of benzene rings is 1. The summed E-state index contributed by atoms with van der Waals surface area (Å²) in [7, 11) is 0. The van der Waals surface area contributed by atoms with E-state index >= 15 is 0 Å². The molecule has 0 unspecified atom stereocenters. The third kappa shape index (κ3) is 4.39. The van der Waals surface area contributed by atoms with Crippen LogP contribution in [0, 0.1) is 5.41 Å². The van der Waals surface area contributed by atoms with E-state index in [1.807, 2.05) is 11.4 Å². The van der Waals surface area contributed by atoms with Crippen LogP contribution in [-0.2, 0) is 16.0 Å². The van der Waals surface area contributed by atoms with Gasteiger partial charge in [0, 0.05) is 41.9 Å². The Morgan fingerprint density at radius 2 is 2.15 bits per heavy atom. The van der Waals surface area contributed by atoms with Crippen molar-refractivity contribution >= 4 is 39.7 Å². The average molecular weight is 368 g/mol. The molecule has 0 aliphatic heterocycles. The van der Waals surface area contributed by atoms with Crippen molar-refractivity contribution in [1.82, 2.24) is 15.0 Å². The summed E-state index contributed by atoms with van der Waals surface area (Å²) >= 11 is 1.33. The lowest BCUT2D eigenvalue weighted by atomic mass is 10.1. The van der Waals surface area contributed by atoms with Crippen LogP contribution in [0.5, 0.6) is 0 Å². The number of hydrogen-bond acceptors (Lipinski definition) is 6.